The number of anilines is 6. The van der Waals surface area contributed by atoms with E-state index in [1.54, 1.807) is 0 Å². The molecule has 11 aromatic rings. The summed E-state index contributed by atoms with van der Waals surface area (Å²) >= 11 is 0. The molecule has 0 radical (unpaired) electrons. The van der Waals surface area contributed by atoms with Gasteiger partial charge in [0.05, 0.1) is 0 Å². The number of hydrogen-bond donors (Lipinski definition) is 0. The summed E-state index contributed by atoms with van der Waals surface area (Å²) in [6, 6.07) is 58.2. The Hall–Kier alpha value is -7.30. The van der Waals surface area contributed by atoms with Gasteiger partial charge in [0, 0.05) is 66.8 Å². The van der Waals surface area contributed by atoms with Gasteiger partial charge in [0.2, 0.25) is 0 Å². The summed E-state index contributed by atoms with van der Waals surface area (Å²) in [6.07, 6.45) is 0. The molecule has 4 heteroatoms. The lowest BCUT2D eigenvalue weighted by atomic mass is 9.86. The summed E-state index contributed by atoms with van der Waals surface area (Å²) in [5.74, 6) is 0.342. The van der Waals surface area contributed by atoms with Crippen LogP contribution in [0.1, 0.15) is 114 Å². The maximum absolute atomic E-state index is 7.20. The Balaban J connectivity index is 1.09. The van der Waals surface area contributed by atoms with Crippen LogP contribution in [0.5, 0.6) is 0 Å². The molecule has 70 heavy (non-hydrogen) atoms. The third-order valence-electron chi connectivity index (χ3n) is 14.6. The van der Waals surface area contributed by atoms with Crippen molar-refractivity contribution in [2.24, 2.45) is 0 Å². The molecule has 350 valence electrons. The van der Waals surface area contributed by atoms with Crippen molar-refractivity contribution in [3.63, 3.8) is 0 Å². The van der Waals surface area contributed by atoms with Crippen LogP contribution in [0, 0.1) is 13.8 Å². The Morgan fingerprint density at radius 2 is 0.771 bits per heavy atom. The van der Waals surface area contributed by atoms with Gasteiger partial charge < -0.3 is 18.6 Å². The van der Waals surface area contributed by atoms with Crippen molar-refractivity contribution in [1.82, 2.24) is 0 Å². The topological polar surface area (TPSA) is 32.8 Å². The van der Waals surface area contributed by atoms with Gasteiger partial charge in [-0.05, 0) is 165 Å². The van der Waals surface area contributed by atoms with E-state index in [9.17, 15) is 0 Å². The van der Waals surface area contributed by atoms with Crippen molar-refractivity contribution in [3.05, 3.63) is 191 Å². The largest absolute Gasteiger partial charge is 0.456 e. The van der Waals surface area contributed by atoms with Crippen LogP contribution in [0.15, 0.2) is 167 Å². The molecule has 4 nitrogen and oxygen atoms in total. The van der Waals surface area contributed by atoms with Gasteiger partial charge in [-0.3, -0.25) is 0 Å². The molecule has 0 bridgehead atoms. The van der Waals surface area contributed by atoms with Crippen LogP contribution in [0.2, 0.25) is 0 Å². The SMILES string of the molecule is Cc1ccc(C(C)(C)C)cc1N(c1ccccc1)c1ccc2cc3c(cc2c1)oc1c(C(C)C)c2c(oc4cc5cc(N(c6ccccc6)c6cc(C(C)(C)C)ccc6C)ccc5cc42)c(C(C)C)c13. The molecule has 0 fully saturated rings. The van der Waals surface area contributed by atoms with Crippen LogP contribution in [-0.4, -0.2) is 0 Å². The number of aryl methyl sites for hydroxylation is 2. The highest BCUT2D eigenvalue weighted by atomic mass is 16.3. The first-order chi connectivity index (χ1) is 33.4. The van der Waals surface area contributed by atoms with E-state index in [-0.39, 0.29) is 22.7 Å². The zero-order valence-corrected chi connectivity index (χ0v) is 42.9. The first-order valence-corrected chi connectivity index (χ1v) is 25.1. The summed E-state index contributed by atoms with van der Waals surface area (Å²) in [5, 5.41) is 9.17. The van der Waals surface area contributed by atoms with Crippen molar-refractivity contribution in [3.8, 4) is 0 Å². The second-order valence-corrected chi connectivity index (χ2v) is 22.4. The molecule has 2 aromatic heterocycles. The quantitative estimate of drug-likeness (QED) is 0.152. The molecule has 0 aliphatic carbocycles. The van der Waals surface area contributed by atoms with Crippen molar-refractivity contribution in [1.29, 1.82) is 0 Å². The van der Waals surface area contributed by atoms with Gasteiger partial charge in [0.25, 0.3) is 0 Å². The van der Waals surface area contributed by atoms with Crippen LogP contribution in [-0.2, 0) is 10.8 Å². The van der Waals surface area contributed by atoms with E-state index in [0.29, 0.717) is 0 Å². The van der Waals surface area contributed by atoms with Gasteiger partial charge >= 0.3 is 0 Å². The molecule has 0 saturated carbocycles. The summed E-state index contributed by atoms with van der Waals surface area (Å²) in [4.78, 5) is 4.80. The van der Waals surface area contributed by atoms with Gasteiger partial charge in [-0.2, -0.15) is 0 Å². The van der Waals surface area contributed by atoms with Crippen LogP contribution in [0.3, 0.4) is 0 Å². The minimum absolute atomic E-state index is 0.0143. The number of benzene rings is 9. The summed E-state index contributed by atoms with van der Waals surface area (Å²) in [5.41, 5.74) is 18.0. The van der Waals surface area contributed by atoms with Crippen molar-refractivity contribution < 1.29 is 8.83 Å². The summed E-state index contributed by atoms with van der Waals surface area (Å²) in [7, 11) is 0. The Morgan fingerprint density at radius 1 is 0.386 bits per heavy atom. The number of para-hydroxylation sites is 2. The third kappa shape index (κ3) is 7.60. The van der Waals surface area contributed by atoms with E-state index in [2.05, 4.69) is 251 Å². The highest BCUT2D eigenvalue weighted by Crippen LogP contribution is 2.50. The first kappa shape index (κ1) is 45.2. The molecule has 0 spiro atoms. The van der Waals surface area contributed by atoms with Gasteiger partial charge in [-0.15, -0.1) is 0 Å². The zero-order valence-electron chi connectivity index (χ0n) is 42.9. The smallest absolute Gasteiger partial charge is 0.140 e. The number of hydrogen-bond acceptors (Lipinski definition) is 4. The molecule has 0 atom stereocenters. The lowest BCUT2D eigenvalue weighted by molar-refractivity contribution is 0.590. The van der Waals surface area contributed by atoms with Crippen molar-refractivity contribution >= 4 is 99.5 Å². The Labute approximate surface area is 413 Å². The van der Waals surface area contributed by atoms with Gasteiger partial charge in [0.15, 0.2) is 0 Å². The fraction of sp³-hybridized carbons (Fsp3) is 0.242. The first-order valence-electron chi connectivity index (χ1n) is 25.1. The lowest BCUT2D eigenvalue weighted by Crippen LogP contribution is -2.15. The molecule has 0 amide bonds. The predicted octanol–water partition coefficient (Wildman–Crippen LogP) is 20.2. The molecule has 0 saturated heterocycles. The lowest BCUT2D eigenvalue weighted by Gasteiger charge is -2.29. The fourth-order valence-corrected chi connectivity index (χ4v) is 10.8. The van der Waals surface area contributed by atoms with Crippen LogP contribution >= 0.6 is 0 Å². The van der Waals surface area contributed by atoms with Gasteiger partial charge in [0.1, 0.15) is 22.3 Å². The second-order valence-electron chi connectivity index (χ2n) is 22.4. The highest BCUT2D eigenvalue weighted by Gasteiger charge is 2.29. The van der Waals surface area contributed by atoms with E-state index < -0.39 is 0 Å². The molecule has 9 aromatic carbocycles. The summed E-state index contributed by atoms with van der Waals surface area (Å²) < 4.78 is 14.4. The van der Waals surface area contributed by atoms with E-state index in [0.717, 1.165) is 77.4 Å². The average molecular weight is 917 g/mol. The molecule has 11 rings (SSSR count). The third-order valence-corrected chi connectivity index (χ3v) is 14.6. The van der Waals surface area contributed by atoms with Gasteiger partial charge in [-0.25, -0.2) is 0 Å². The van der Waals surface area contributed by atoms with Crippen LogP contribution in [0.25, 0.3) is 65.4 Å². The fourth-order valence-electron chi connectivity index (χ4n) is 10.8. The summed E-state index contributed by atoms with van der Waals surface area (Å²) in [6.45, 7) is 27.3. The molecule has 0 unspecified atom stereocenters. The number of fused-ring (bicyclic) bond motifs is 8. The monoisotopic (exact) mass is 916 g/mol. The van der Waals surface area contributed by atoms with E-state index in [4.69, 9.17) is 8.83 Å². The number of nitrogens with zero attached hydrogens (tertiary/aromatic N) is 2. The van der Waals surface area contributed by atoms with E-state index in [1.165, 1.54) is 55.5 Å². The van der Waals surface area contributed by atoms with Crippen molar-refractivity contribution in [2.75, 3.05) is 9.80 Å². The minimum atomic E-state index is 0.0143. The molecular weight excluding hydrogens is 853 g/mol. The molecule has 2 heterocycles. The average Bonchev–Trinajstić information content (AvgIpc) is 3.87. The standard InChI is InChI=1S/C66H64N2O2/c1-39(2)59-61-53-33-43-25-29-51(67(49-19-15-13-16-20-49)55-37-47(65(7,8)9)27-23-41(55)5)31-45(43)35-57(53)70-64(61)60(40(3)4)62-54-34-44-26-30-52(32-46(44)36-58(54)69-63(59)62)68(50-21-17-14-18-22-50)56-38-48(66(10,11)12)28-24-42(56)6/h13-40H,1-12H3. The normalized spacial score (nSPS) is 12.5. The maximum Gasteiger partial charge on any atom is 0.140 e. The van der Waals surface area contributed by atoms with Crippen LogP contribution in [0.4, 0.5) is 34.1 Å². The Kier molecular flexibility index (Phi) is 10.8. The maximum atomic E-state index is 7.20. The number of rotatable bonds is 8. The Bertz CT molecular complexity index is 3570. The second kappa shape index (κ2) is 16.7. The molecule has 0 aliphatic heterocycles. The molecular formula is C66H64N2O2. The Morgan fingerprint density at radius 3 is 1.13 bits per heavy atom. The van der Waals surface area contributed by atoms with Crippen LogP contribution < -0.4 is 9.80 Å². The number of furan rings is 2. The van der Waals surface area contributed by atoms with Crippen molar-refractivity contribution in [2.45, 2.75) is 106 Å². The zero-order chi connectivity index (χ0) is 49.0. The molecule has 0 N–H and O–H groups in total. The highest BCUT2D eigenvalue weighted by molar-refractivity contribution is 6.22. The minimum Gasteiger partial charge on any atom is -0.456 e. The molecule has 0 aliphatic rings. The van der Waals surface area contributed by atoms with Gasteiger partial charge in [-0.1, -0.05) is 142 Å². The van der Waals surface area contributed by atoms with E-state index in [1.807, 2.05) is 0 Å². The predicted molar refractivity (Wildman–Crippen MR) is 300 cm³/mol. The van der Waals surface area contributed by atoms with E-state index >= 15 is 0 Å².